The van der Waals surface area contributed by atoms with Crippen LogP contribution >= 0.6 is 0 Å². The van der Waals surface area contributed by atoms with Crippen molar-refractivity contribution in [2.75, 3.05) is 0 Å². The molecule has 0 saturated heterocycles. The highest BCUT2D eigenvalue weighted by Gasteiger charge is 2.34. The van der Waals surface area contributed by atoms with E-state index in [0.717, 1.165) is 5.92 Å². The molecule has 0 heteroatoms. The van der Waals surface area contributed by atoms with Crippen LogP contribution in [-0.4, -0.2) is 0 Å². The third-order valence-electron chi connectivity index (χ3n) is 3.01. The van der Waals surface area contributed by atoms with Gasteiger partial charge in [0.2, 0.25) is 0 Å². The second-order valence-corrected chi connectivity index (χ2v) is 3.66. The van der Waals surface area contributed by atoms with Gasteiger partial charge < -0.3 is 0 Å². The van der Waals surface area contributed by atoms with Crippen molar-refractivity contribution in [3.63, 3.8) is 0 Å². The van der Waals surface area contributed by atoms with Crippen LogP contribution in [0, 0.1) is 11.3 Å². The molecule has 0 aromatic heterocycles. The van der Waals surface area contributed by atoms with E-state index in [1.54, 1.807) is 5.57 Å². The molecule has 0 saturated carbocycles. The first-order valence-electron chi connectivity index (χ1n) is 3.74. The molecule has 52 valence electrons. The molecule has 1 unspecified atom stereocenters. The largest absolute Gasteiger partial charge is 0.0842 e. The highest BCUT2D eigenvalue weighted by Crippen LogP contribution is 2.45. The summed E-state index contributed by atoms with van der Waals surface area (Å²) in [4.78, 5) is 0. The van der Waals surface area contributed by atoms with Crippen molar-refractivity contribution in [1.29, 1.82) is 0 Å². The van der Waals surface area contributed by atoms with E-state index in [0.29, 0.717) is 5.41 Å². The van der Waals surface area contributed by atoms with Crippen molar-refractivity contribution < 1.29 is 0 Å². The monoisotopic (exact) mass is 124 g/mol. The Kier molecular flexibility index (Phi) is 1.42. The van der Waals surface area contributed by atoms with Crippen LogP contribution in [0.2, 0.25) is 0 Å². The van der Waals surface area contributed by atoms with Crippen LogP contribution in [-0.2, 0) is 0 Å². The first-order chi connectivity index (χ1) is 4.07. The molecule has 0 radical (unpaired) electrons. The molecule has 0 aromatic rings. The van der Waals surface area contributed by atoms with Gasteiger partial charge in [0.15, 0.2) is 0 Å². The average Bonchev–Trinajstić information content (AvgIpc) is 1.82. The smallest absolute Gasteiger partial charge is 0.00616 e. The molecule has 0 amide bonds. The molecular formula is C9H16. The van der Waals surface area contributed by atoms with E-state index in [1.165, 1.54) is 6.42 Å². The minimum absolute atomic E-state index is 0.542. The standard InChI is InChI=1S/C9H16/c1-7(2)9(4)6-5-8(9)3/h5,7H,6H2,1-4H3. The summed E-state index contributed by atoms with van der Waals surface area (Å²) in [6.07, 6.45) is 3.62. The Morgan fingerprint density at radius 2 is 2.11 bits per heavy atom. The van der Waals surface area contributed by atoms with Gasteiger partial charge in [0.05, 0.1) is 0 Å². The highest BCUT2D eigenvalue weighted by atomic mass is 14.4. The number of hydrogen-bond acceptors (Lipinski definition) is 0. The Hall–Kier alpha value is -0.260. The molecule has 0 spiro atoms. The zero-order valence-electron chi connectivity index (χ0n) is 6.86. The van der Waals surface area contributed by atoms with Crippen LogP contribution in [0.25, 0.3) is 0 Å². The van der Waals surface area contributed by atoms with Crippen LogP contribution in [0.5, 0.6) is 0 Å². The molecule has 0 nitrogen and oxygen atoms in total. The summed E-state index contributed by atoms with van der Waals surface area (Å²) in [6.45, 7) is 9.20. The highest BCUT2D eigenvalue weighted by molar-refractivity contribution is 5.23. The lowest BCUT2D eigenvalue weighted by atomic mass is 9.64. The average molecular weight is 124 g/mol. The lowest BCUT2D eigenvalue weighted by Gasteiger charge is -2.41. The van der Waals surface area contributed by atoms with E-state index in [9.17, 15) is 0 Å². The Morgan fingerprint density at radius 3 is 2.11 bits per heavy atom. The van der Waals surface area contributed by atoms with Gasteiger partial charge in [0.25, 0.3) is 0 Å². The fraction of sp³-hybridized carbons (Fsp3) is 0.778. The lowest BCUT2D eigenvalue weighted by Crippen LogP contribution is -2.30. The van der Waals surface area contributed by atoms with Gasteiger partial charge in [-0.15, -0.1) is 0 Å². The first kappa shape index (κ1) is 6.85. The third kappa shape index (κ3) is 0.810. The molecule has 0 heterocycles. The van der Waals surface area contributed by atoms with E-state index in [2.05, 4.69) is 33.8 Å². The van der Waals surface area contributed by atoms with E-state index in [-0.39, 0.29) is 0 Å². The van der Waals surface area contributed by atoms with Gasteiger partial charge >= 0.3 is 0 Å². The minimum Gasteiger partial charge on any atom is -0.0842 e. The predicted molar refractivity (Wildman–Crippen MR) is 41.3 cm³/mol. The Morgan fingerprint density at radius 1 is 1.56 bits per heavy atom. The third-order valence-corrected chi connectivity index (χ3v) is 3.01. The van der Waals surface area contributed by atoms with Gasteiger partial charge in [-0.3, -0.25) is 0 Å². The zero-order chi connectivity index (χ0) is 7.07. The van der Waals surface area contributed by atoms with Crippen molar-refractivity contribution in [1.82, 2.24) is 0 Å². The maximum absolute atomic E-state index is 2.35. The summed E-state index contributed by atoms with van der Waals surface area (Å²) in [5.41, 5.74) is 2.12. The Bertz CT molecular complexity index is 142. The maximum atomic E-state index is 2.35. The quantitative estimate of drug-likeness (QED) is 0.471. The van der Waals surface area contributed by atoms with Gasteiger partial charge in [0.1, 0.15) is 0 Å². The van der Waals surface area contributed by atoms with E-state index >= 15 is 0 Å². The van der Waals surface area contributed by atoms with Crippen LogP contribution in [0.3, 0.4) is 0 Å². The van der Waals surface area contributed by atoms with Gasteiger partial charge in [-0.25, -0.2) is 0 Å². The normalized spacial score (nSPS) is 34.1. The van der Waals surface area contributed by atoms with E-state index in [1.807, 2.05) is 0 Å². The summed E-state index contributed by atoms with van der Waals surface area (Å²) in [6, 6.07) is 0. The van der Waals surface area contributed by atoms with E-state index in [4.69, 9.17) is 0 Å². The second-order valence-electron chi connectivity index (χ2n) is 3.66. The fourth-order valence-corrected chi connectivity index (χ4v) is 1.32. The van der Waals surface area contributed by atoms with Gasteiger partial charge in [0, 0.05) is 0 Å². The summed E-state index contributed by atoms with van der Waals surface area (Å²) >= 11 is 0. The molecule has 1 aliphatic carbocycles. The number of hydrogen-bond donors (Lipinski definition) is 0. The Labute approximate surface area is 58.0 Å². The summed E-state index contributed by atoms with van der Waals surface area (Å²) < 4.78 is 0. The van der Waals surface area contributed by atoms with Crippen molar-refractivity contribution in [2.45, 2.75) is 34.1 Å². The minimum atomic E-state index is 0.542. The number of allylic oxidation sites excluding steroid dienone is 2. The van der Waals surface area contributed by atoms with Crippen molar-refractivity contribution in [3.8, 4) is 0 Å². The molecule has 1 aliphatic rings. The maximum Gasteiger partial charge on any atom is -0.00616 e. The fourth-order valence-electron chi connectivity index (χ4n) is 1.32. The molecule has 0 aliphatic heterocycles. The molecule has 0 aromatic carbocycles. The Balaban J connectivity index is 2.69. The van der Waals surface area contributed by atoms with Crippen molar-refractivity contribution in [3.05, 3.63) is 11.6 Å². The summed E-state index contributed by atoms with van der Waals surface area (Å²) in [7, 11) is 0. The molecule has 1 rings (SSSR count). The van der Waals surface area contributed by atoms with Crippen LogP contribution in [0.4, 0.5) is 0 Å². The molecular weight excluding hydrogens is 108 g/mol. The first-order valence-corrected chi connectivity index (χ1v) is 3.74. The SMILES string of the molecule is CC1=CCC1(C)C(C)C. The van der Waals surface area contributed by atoms with Crippen LogP contribution < -0.4 is 0 Å². The topological polar surface area (TPSA) is 0 Å². The molecule has 0 bridgehead atoms. The van der Waals surface area contributed by atoms with Gasteiger partial charge in [-0.2, -0.15) is 0 Å². The molecule has 0 N–H and O–H groups in total. The van der Waals surface area contributed by atoms with Gasteiger partial charge in [-0.1, -0.05) is 32.4 Å². The summed E-state index contributed by atoms with van der Waals surface area (Å²) in [5.74, 6) is 0.808. The predicted octanol–water partition coefficient (Wildman–Crippen LogP) is 3.00. The van der Waals surface area contributed by atoms with Crippen LogP contribution in [0.1, 0.15) is 34.1 Å². The lowest BCUT2D eigenvalue weighted by molar-refractivity contribution is 0.246. The van der Waals surface area contributed by atoms with Crippen molar-refractivity contribution in [2.24, 2.45) is 11.3 Å². The number of rotatable bonds is 1. The van der Waals surface area contributed by atoms with Crippen molar-refractivity contribution >= 4 is 0 Å². The second kappa shape index (κ2) is 1.86. The molecule has 9 heavy (non-hydrogen) atoms. The zero-order valence-corrected chi connectivity index (χ0v) is 6.86. The van der Waals surface area contributed by atoms with Crippen LogP contribution in [0.15, 0.2) is 11.6 Å². The van der Waals surface area contributed by atoms with E-state index < -0.39 is 0 Å². The molecule has 1 atom stereocenters. The molecule has 0 fully saturated rings. The van der Waals surface area contributed by atoms with Gasteiger partial charge in [-0.05, 0) is 24.7 Å². The summed E-state index contributed by atoms with van der Waals surface area (Å²) in [5, 5.41) is 0.